The average Bonchev–Trinajstić information content (AvgIpc) is 3.57. The maximum Gasteiger partial charge on any atom is 0.253 e. The number of hydrogen-bond donors (Lipinski definition) is 1. The van der Waals surface area contributed by atoms with E-state index in [4.69, 9.17) is 27.9 Å². The van der Waals surface area contributed by atoms with Crippen LogP contribution in [0.15, 0.2) is 61.2 Å². The van der Waals surface area contributed by atoms with E-state index in [-0.39, 0.29) is 18.6 Å². The van der Waals surface area contributed by atoms with Gasteiger partial charge in [-0.05, 0) is 54.2 Å². The van der Waals surface area contributed by atoms with E-state index in [1.54, 1.807) is 6.08 Å². The van der Waals surface area contributed by atoms with E-state index in [2.05, 4.69) is 6.58 Å². The highest BCUT2D eigenvalue weighted by atomic mass is 35.5. The first-order valence-electron chi connectivity index (χ1n) is 10.2. The first-order valence-corrected chi connectivity index (χ1v) is 11.0. The van der Waals surface area contributed by atoms with Gasteiger partial charge in [0.2, 0.25) is 0 Å². The van der Waals surface area contributed by atoms with Crippen LogP contribution in [0.2, 0.25) is 10.0 Å². The predicted molar refractivity (Wildman–Crippen MR) is 119 cm³/mol. The number of nitrogens with zero attached hydrogens (tertiary/aromatic N) is 1. The van der Waals surface area contributed by atoms with E-state index in [1.807, 2.05) is 53.4 Å². The van der Waals surface area contributed by atoms with Crippen molar-refractivity contribution >= 4 is 29.1 Å². The summed E-state index contributed by atoms with van der Waals surface area (Å²) >= 11 is 12.4. The highest BCUT2D eigenvalue weighted by Gasteiger charge is 2.49. The Kier molecular flexibility index (Phi) is 6.49. The summed E-state index contributed by atoms with van der Waals surface area (Å²) in [5, 5.41) is 11.5. The lowest BCUT2D eigenvalue weighted by molar-refractivity contribution is -0.181. The molecule has 0 unspecified atom stereocenters. The van der Waals surface area contributed by atoms with Crippen molar-refractivity contribution in [3.63, 3.8) is 0 Å². The molecule has 1 N–H and O–H groups in total. The van der Waals surface area contributed by atoms with E-state index < -0.39 is 18.2 Å². The molecule has 0 radical (unpaired) electrons. The Labute approximate surface area is 187 Å². The second-order valence-corrected chi connectivity index (χ2v) is 8.83. The first-order chi connectivity index (χ1) is 14.5. The molecule has 1 aliphatic carbocycles. The molecule has 2 aromatic rings. The molecule has 2 aliphatic rings. The Hall–Kier alpha value is -1.85. The van der Waals surface area contributed by atoms with Crippen LogP contribution in [0.4, 0.5) is 0 Å². The lowest BCUT2D eigenvalue weighted by Crippen LogP contribution is -2.56. The van der Waals surface area contributed by atoms with Gasteiger partial charge >= 0.3 is 0 Å². The molecule has 2 aromatic carbocycles. The topological polar surface area (TPSA) is 49.8 Å². The largest absolute Gasteiger partial charge is 0.394 e. The van der Waals surface area contributed by atoms with Gasteiger partial charge in [-0.2, -0.15) is 0 Å². The fourth-order valence-corrected chi connectivity index (χ4v) is 4.65. The van der Waals surface area contributed by atoms with Crippen LogP contribution in [0, 0.1) is 5.92 Å². The van der Waals surface area contributed by atoms with Gasteiger partial charge in [-0.1, -0.05) is 53.5 Å². The van der Waals surface area contributed by atoms with Crippen molar-refractivity contribution in [3.8, 4) is 0 Å². The summed E-state index contributed by atoms with van der Waals surface area (Å²) in [6.45, 7) is 3.71. The number of amides is 1. The van der Waals surface area contributed by atoms with Crippen LogP contribution in [-0.4, -0.2) is 34.7 Å². The van der Waals surface area contributed by atoms with Gasteiger partial charge in [0.15, 0.2) is 0 Å². The van der Waals surface area contributed by atoms with Gasteiger partial charge in [0, 0.05) is 16.5 Å². The number of carbonyl (C=O) groups is 1. The van der Waals surface area contributed by atoms with Gasteiger partial charge < -0.3 is 14.7 Å². The third kappa shape index (κ3) is 4.28. The van der Waals surface area contributed by atoms with Crippen LogP contribution >= 0.6 is 23.2 Å². The van der Waals surface area contributed by atoms with E-state index in [0.717, 1.165) is 24.0 Å². The lowest BCUT2D eigenvalue weighted by atomic mass is 9.89. The molecule has 2 fully saturated rings. The molecule has 158 valence electrons. The zero-order valence-electron chi connectivity index (χ0n) is 16.6. The molecule has 0 aromatic heterocycles. The second kappa shape index (κ2) is 9.11. The Morgan fingerprint density at radius 1 is 1.13 bits per heavy atom. The summed E-state index contributed by atoms with van der Waals surface area (Å²) in [5.74, 6) is 0.190. The average molecular weight is 446 g/mol. The van der Waals surface area contributed by atoms with E-state index in [1.165, 1.54) is 0 Å². The van der Waals surface area contributed by atoms with Crippen molar-refractivity contribution < 1.29 is 14.6 Å². The molecule has 0 spiro atoms. The predicted octanol–water partition coefficient (Wildman–Crippen LogP) is 5.35. The maximum atomic E-state index is 13.5. The first kappa shape index (κ1) is 21.4. The number of aliphatic hydroxyl groups excluding tert-OH is 1. The summed E-state index contributed by atoms with van der Waals surface area (Å²) in [6.07, 6.45) is 3.04. The summed E-state index contributed by atoms with van der Waals surface area (Å²) < 4.78 is 6.37. The minimum absolute atomic E-state index is 0.0798. The molecular weight excluding hydrogens is 421 g/mol. The van der Waals surface area contributed by atoms with Crippen molar-refractivity contribution in [1.29, 1.82) is 0 Å². The van der Waals surface area contributed by atoms with Crippen LogP contribution < -0.4 is 0 Å². The number of rotatable bonds is 7. The minimum Gasteiger partial charge on any atom is -0.394 e. The van der Waals surface area contributed by atoms with Crippen LogP contribution in [0.25, 0.3) is 0 Å². The zero-order valence-corrected chi connectivity index (χ0v) is 18.1. The van der Waals surface area contributed by atoms with Gasteiger partial charge in [-0.25, -0.2) is 0 Å². The van der Waals surface area contributed by atoms with Crippen molar-refractivity contribution in [2.24, 2.45) is 5.92 Å². The van der Waals surface area contributed by atoms with Crippen molar-refractivity contribution in [1.82, 2.24) is 4.90 Å². The quantitative estimate of drug-likeness (QED) is 0.584. The van der Waals surface area contributed by atoms with E-state index in [9.17, 15) is 9.90 Å². The Bertz CT molecular complexity index is 913. The molecule has 4 nitrogen and oxygen atoms in total. The van der Waals surface area contributed by atoms with Gasteiger partial charge in [0.05, 0.1) is 18.7 Å². The van der Waals surface area contributed by atoms with E-state index >= 15 is 0 Å². The van der Waals surface area contributed by atoms with Crippen LogP contribution in [0.5, 0.6) is 0 Å². The van der Waals surface area contributed by atoms with Gasteiger partial charge in [-0.15, -0.1) is 6.58 Å². The molecular formula is C24H25Cl2NO3. The van der Waals surface area contributed by atoms with Crippen molar-refractivity contribution in [3.05, 3.63) is 82.4 Å². The summed E-state index contributed by atoms with van der Waals surface area (Å²) in [4.78, 5) is 15.4. The fourth-order valence-electron chi connectivity index (χ4n) is 4.32. The summed E-state index contributed by atoms with van der Waals surface area (Å²) in [7, 11) is 0. The molecule has 1 heterocycles. The number of hydrogen-bond acceptors (Lipinski definition) is 3. The molecule has 0 bridgehead atoms. The zero-order chi connectivity index (χ0) is 21.3. The molecule has 30 heavy (non-hydrogen) atoms. The van der Waals surface area contributed by atoms with Crippen LogP contribution in [0.3, 0.4) is 0 Å². The molecule has 4 atom stereocenters. The number of carbonyl (C=O) groups excluding carboxylic acids is 1. The molecule has 1 aliphatic heterocycles. The summed E-state index contributed by atoms with van der Waals surface area (Å²) in [5.41, 5.74) is 1.80. The number of ether oxygens (including phenoxy) is 1. The molecule has 1 amide bonds. The van der Waals surface area contributed by atoms with Crippen LogP contribution in [-0.2, 0) is 9.53 Å². The van der Waals surface area contributed by atoms with Gasteiger partial charge in [0.25, 0.3) is 5.91 Å². The number of aliphatic hydroxyl groups is 1. The molecule has 4 rings (SSSR count). The monoisotopic (exact) mass is 445 g/mol. The lowest BCUT2D eigenvalue weighted by Gasteiger charge is -2.48. The normalized spacial score (nSPS) is 25.2. The fraction of sp³-hybridized carbons (Fsp3) is 0.375. The highest BCUT2D eigenvalue weighted by molar-refractivity contribution is 6.30. The van der Waals surface area contributed by atoms with Crippen molar-refractivity contribution in [2.75, 3.05) is 6.61 Å². The molecule has 6 heteroatoms. The highest BCUT2D eigenvalue weighted by Crippen LogP contribution is 2.47. The Balaban J connectivity index is 1.84. The Morgan fingerprint density at radius 2 is 1.87 bits per heavy atom. The second-order valence-electron chi connectivity index (χ2n) is 7.95. The maximum absolute atomic E-state index is 13.5. The van der Waals surface area contributed by atoms with E-state index in [0.29, 0.717) is 22.4 Å². The standard InChI is InChI=1S/C24H25Cl2NO3/c1-2-4-21-24(29)27(20(14-28)15-7-8-15)22(16-9-11-18(25)12-10-16)23(30-21)17-5-3-6-19(26)13-17/h2-3,5-6,9-13,15,20-23,28H,1,4,7-8,14H2/t20-,21+,22-,23-/m1/s1. The third-order valence-corrected chi connectivity index (χ3v) is 6.39. The SMILES string of the molecule is C=CC[C@@H]1O[C@H](c2cccc(Cl)c2)[C@@H](c2ccc(Cl)cc2)N([C@H](CO)C2CC2)C1=O. The number of halogens is 2. The van der Waals surface area contributed by atoms with Gasteiger partial charge in [-0.3, -0.25) is 4.79 Å². The third-order valence-electron chi connectivity index (χ3n) is 5.91. The molecule has 1 saturated heterocycles. The Morgan fingerprint density at radius 3 is 2.47 bits per heavy atom. The number of morpholine rings is 1. The van der Waals surface area contributed by atoms with Crippen molar-refractivity contribution in [2.45, 2.75) is 43.6 Å². The van der Waals surface area contributed by atoms with Gasteiger partial charge in [0.1, 0.15) is 12.2 Å². The smallest absolute Gasteiger partial charge is 0.253 e. The summed E-state index contributed by atoms with van der Waals surface area (Å²) in [6, 6.07) is 14.4. The minimum atomic E-state index is -0.650. The van der Waals surface area contributed by atoms with Crippen LogP contribution in [0.1, 0.15) is 42.5 Å². The molecule has 1 saturated carbocycles. The number of benzene rings is 2.